The number of aliphatic imine (C=N–C) groups is 1. The topological polar surface area (TPSA) is 117 Å². The van der Waals surface area contributed by atoms with Gasteiger partial charge >= 0.3 is 0 Å². The molecule has 0 fully saturated rings. The molecule has 1 aromatic heterocycles. The fraction of sp³-hybridized carbons (Fsp3) is 0.250. The van der Waals surface area contributed by atoms with Gasteiger partial charge in [-0.25, -0.2) is 0 Å². The molecule has 0 aliphatic rings. The van der Waals surface area contributed by atoms with Crippen molar-refractivity contribution in [1.82, 2.24) is 10.5 Å². The summed E-state index contributed by atoms with van der Waals surface area (Å²) >= 11 is 0. The van der Waals surface area contributed by atoms with Gasteiger partial charge in [0.15, 0.2) is 5.69 Å². The second kappa shape index (κ2) is 4.89. The van der Waals surface area contributed by atoms with Crippen LogP contribution in [0.1, 0.15) is 10.5 Å². The fourth-order valence-corrected chi connectivity index (χ4v) is 0.889. The van der Waals surface area contributed by atoms with Gasteiger partial charge in [-0.1, -0.05) is 5.16 Å². The van der Waals surface area contributed by atoms with Gasteiger partial charge in [-0.05, 0) is 0 Å². The quantitative estimate of drug-likeness (QED) is 0.453. The molecule has 0 aliphatic carbocycles. The number of carbonyl (C=O) groups excluding carboxylic acids is 1. The van der Waals surface area contributed by atoms with E-state index >= 15 is 0 Å². The number of nitrogens with one attached hydrogen (secondary N) is 2. The molecule has 4 N–H and O–H groups in total. The number of carbonyl (C=O) groups is 1. The first-order valence-corrected chi connectivity index (χ1v) is 4.12. The first-order valence-electron chi connectivity index (χ1n) is 4.12. The normalized spacial score (nSPS) is 12.6. The Hall–Kier alpha value is -2.18. The summed E-state index contributed by atoms with van der Waals surface area (Å²) in [7, 11) is 1.53. The lowest BCUT2D eigenvalue weighted by Crippen LogP contribution is -2.45. The molecule has 15 heavy (non-hydrogen) atoms. The highest BCUT2D eigenvalue weighted by Gasteiger charge is 2.15. The fourth-order valence-electron chi connectivity index (χ4n) is 0.889. The van der Waals surface area contributed by atoms with E-state index in [0.717, 1.165) is 0 Å². The SMILES string of the molecule is CN=CC(NC(=O)c1ccon1)C(=N)N. The van der Waals surface area contributed by atoms with E-state index in [1.54, 1.807) is 0 Å². The second-order valence-electron chi connectivity index (χ2n) is 2.70. The Balaban J connectivity index is 2.67. The maximum atomic E-state index is 11.4. The van der Waals surface area contributed by atoms with Gasteiger partial charge in [-0.2, -0.15) is 0 Å². The molecule has 0 aliphatic heterocycles. The summed E-state index contributed by atoms with van der Waals surface area (Å²) < 4.78 is 4.51. The van der Waals surface area contributed by atoms with Crippen LogP contribution in [0, 0.1) is 5.41 Å². The molecule has 1 atom stereocenters. The highest BCUT2D eigenvalue weighted by atomic mass is 16.5. The molecule has 7 nitrogen and oxygen atoms in total. The van der Waals surface area contributed by atoms with Gasteiger partial charge in [0.1, 0.15) is 18.1 Å². The van der Waals surface area contributed by atoms with E-state index < -0.39 is 11.9 Å². The summed E-state index contributed by atoms with van der Waals surface area (Å²) in [5.41, 5.74) is 5.39. The molecule has 1 aromatic rings. The van der Waals surface area contributed by atoms with E-state index in [2.05, 4.69) is 20.0 Å². The van der Waals surface area contributed by atoms with Crippen molar-refractivity contribution in [3.63, 3.8) is 0 Å². The summed E-state index contributed by atoms with van der Waals surface area (Å²) in [5, 5.41) is 13.1. The molecular weight excluding hydrogens is 198 g/mol. The molecule has 0 aromatic carbocycles. The highest BCUT2D eigenvalue weighted by Crippen LogP contribution is 1.94. The largest absolute Gasteiger partial charge is 0.386 e. The van der Waals surface area contributed by atoms with E-state index in [0.29, 0.717) is 0 Å². The lowest BCUT2D eigenvalue weighted by atomic mass is 10.2. The van der Waals surface area contributed by atoms with Crippen LogP contribution in [0.5, 0.6) is 0 Å². The van der Waals surface area contributed by atoms with Crippen LogP contribution in [0.15, 0.2) is 21.8 Å². The lowest BCUT2D eigenvalue weighted by Gasteiger charge is -2.10. The number of nitrogens with two attached hydrogens (primary N) is 1. The van der Waals surface area contributed by atoms with E-state index in [1.807, 2.05) is 0 Å². The number of nitrogens with zero attached hydrogens (tertiary/aromatic N) is 2. The minimum Gasteiger partial charge on any atom is -0.386 e. The number of hydrogen-bond acceptors (Lipinski definition) is 5. The lowest BCUT2D eigenvalue weighted by molar-refractivity contribution is 0.0945. The Morgan fingerprint density at radius 2 is 2.60 bits per heavy atom. The van der Waals surface area contributed by atoms with Crippen molar-refractivity contribution < 1.29 is 9.32 Å². The summed E-state index contributed by atoms with van der Waals surface area (Å²) in [6.45, 7) is 0. The van der Waals surface area contributed by atoms with Crippen LogP contribution >= 0.6 is 0 Å². The predicted molar refractivity (Wildman–Crippen MR) is 54.1 cm³/mol. The maximum absolute atomic E-state index is 11.4. The molecule has 1 rings (SSSR count). The third-order valence-electron chi connectivity index (χ3n) is 1.59. The molecule has 0 bridgehead atoms. The molecule has 0 saturated heterocycles. The first-order chi connectivity index (χ1) is 7.15. The Morgan fingerprint density at radius 3 is 3.07 bits per heavy atom. The van der Waals surface area contributed by atoms with Crippen LogP contribution in [0.3, 0.4) is 0 Å². The van der Waals surface area contributed by atoms with Gasteiger partial charge in [0, 0.05) is 19.3 Å². The van der Waals surface area contributed by atoms with Gasteiger partial charge in [-0.15, -0.1) is 0 Å². The molecule has 80 valence electrons. The Labute approximate surface area is 85.9 Å². The van der Waals surface area contributed by atoms with Crippen LogP contribution in [-0.2, 0) is 0 Å². The smallest absolute Gasteiger partial charge is 0.274 e. The Bertz CT molecular complexity index is 370. The molecular formula is C8H11N5O2. The zero-order valence-electron chi connectivity index (χ0n) is 8.10. The van der Waals surface area contributed by atoms with Gasteiger partial charge in [0.05, 0.1) is 0 Å². The predicted octanol–water partition coefficient (Wildman–Crippen LogP) is -0.590. The standard InChI is InChI=1S/C8H11N5O2/c1-11-4-6(7(9)10)12-8(14)5-2-3-15-13-5/h2-4,6H,1H3,(H3,9,10)(H,12,14). The van der Waals surface area contributed by atoms with Gasteiger partial charge < -0.3 is 15.6 Å². The van der Waals surface area contributed by atoms with Crippen LogP contribution in [-0.4, -0.2) is 36.2 Å². The van der Waals surface area contributed by atoms with Crippen molar-refractivity contribution in [3.8, 4) is 0 Å². The third kappa shape index (κ3) is 2.90. The summed E-state index contributed by atoms with van der Waals surface area (Å²) in [4.78, 5) is 15.1. The molecule has 1 amide bonds. The number of amidine groups is 1. The van der Waals surface area contributed by atoms with E-state index in [-0.39, 0.29) is 11.5 Å². The molecule has 0 saturated carbocycles. The van der Waals surface area contributed by atoms with E-state index in [4.69, 9.17) is 11.1 Å². The average molecular weight is 209 g/mol. The van der Waals surface area contributed by atoms with E-state index in [1.165, 1.54) is 25.6 Å². The first kappa shape index (κ1) is 10.9. The third-order valence-corrected chi connectivity index (χ3v) is 1.59. The van der Waals surface area contributed by atoms with Crippen molar-refractivity contribution in [2.45, 2.75) is 6.04 Å². The second-order valence-corrected chi connectivity index (χ2v) is 2.70. The summed E-state index contributed by atoms with van der Waals surface area (Å²) in [6.07, 6.45) is 2.64. The maximum Gasteiger partial charge on any atom is 0.274 e. The zero-order valence-corrected chi connectivity index (χ0v) is 8.10. The van der Waals surface area contributed by atoms with Gasteiger partial charge in [0.2, 0.25) is 0 Å². The number of rotatable bonds is 4. The molecule has 0 spiro atoms. The minimum atomic E-state index is -0.723. The Morgan fingerprint density at radius 1 is 1.87 bits per heavy atom. The molecule has 7 heteroatoms. The number of amides is 1. The number of hydrogen-bond donors (Lipinski definition) is 3. The minimum absolute atomic E-state index is 0.130. The molecule has 1 heterocycles. The van der Waals surface area contributed by atoms with Crippen LogP contribution < -0.4 is 11.1 Å². The highest BCUT2D eigenvalue weighted by molar-refractivity contribution is 6.04. The van der Waals surface area contributed by atoms with Crippen LogP contribution in [0.25, 0.3) is 0 Å². The molecule has 1 unspecified atom stereocenters. The number of aromatic nitrogens is 1. The van der Waals surface area contributed by atoms with Crippen molar-refractivity contribution in [3.05, 3.63) is 18.0 Å². The van der Waals surface area contributed by atoms with Crippen LogP contribution in [0.2, 0.25) is 0 Å². The van der Waals surface area contributed by atoms with Crippen LogP contribution in [0.4, 0.5) is 0 Å². The van der Waals surface area contributed by atoms with E-state index in [9.17, 15) is 4.79 Å². The van der Waals surface area contributed by atoms with Crippen molar-refractivity contribution in [2.75, 3.05) is 7.05 Å². The average Bonchev–Trinajstić information content (AvgIpc) is 2.69. The summed E-state index contributed by atoms with van der Waals surface area (Å²) in [5.74, 6) is -0.665. The monoisotopic (exact) mass is 209 g/mol. The summed E-state index contributed by atoms with van der Waals surface area (Å²) in [6, 6.07) is 0.689. The van der Waals surface area contributed by atoms with Gasteiger partial charge in [0.25, 0.3) is 5.91 Å². The van der Waals surface area contributed by atoms with Crippen molar-refractivity contribution in [1.29, 1.82) is 5.41 Å². The zero-order chi connectivity index (χ0) is 11.3. The van der Waals surface area contributed by atoms with Gasteiger partial charge in [-0.3, -0.25) is 15.2 Å². The van der Waals surface area contributed by atoms with Crippen molar-refractivity contribution in [2.24, 2.45) is 10.7 Å². The van der Waals surface area contributed by atoms with Crippen molar-refractivity contribution >= 4 is 18.0 Å². The Kier molecular flexibility index (Phi) is 3.55. The molecule has 0 radical (unpaired) electrons.